The molecular weight excluding hydrogens is 691 g/mol. The molecule has 224 valence electrons. The number of fused-ring (bicyclic) bond motifs is 2. The van der Waals surface area contributed by atoms with Gasteiger partial charge < -0.3 is 33.0 Å². The lowest BCUT2D eigenvalue weighted by Crippen LogP contribution is -2.26. The molecule has 0 radical (unpaired) electrons. The Bertz CT molecular complexity index is 1920. The summed E-state index contributed by atoms with van der Waals surface area (Å²) in [4.78, 5) is 32.7. The van der Waals surface area contributed by atoms with Gasteiger partial charge in [0.2, 0.25) is 0 Å². The van der Waals surface area contributed by atoms with Crippen LogP contribution in [0.3, 0.4) is 0 Å². The van der Waals surface area contributed by atoms with E-state index in [-0.39, 0.29) is 7.43 Å². The third kappa shape index (κ3) is 7.97. The molecule has 43 heavy (non-hydrogen) atoms. The Morgan fingerprint density at radius 1 is 0.791 bits per heavy atom. The van der Waals surface area contributed by atoms with Gasteiger partial charge in [-0.25, -0.2) is 9.97 Å². The summed E-state index contributed by atoms with van der Waals surface area (Å²) in [6.07, 6.45) is 2.85. The average Bonchev–Trinajstić information content (AvgIpc) is 3.71. The summed E-state index contributed by atoms with van der Waals surface area (Å²) in [6, 6.07) is 7.67. The second-order valence-electron chi connectivity index (χ2n) is 8.88. The van der Waals surface area contributed by atoms with Crippen molar-refractivity contribution >= 4 is 117 Å². The summed E-state index contributed by atoms with van der Waals surface area (Å²) in [5.74, 6) is -0.132. The van der Waals surface area contributed by atoms with Gasteiger partial charge in [-0.15, -0.1) is 34.0 Å². The zero-order valence-electron chi connectivity index (χ0n) is 22.1. The molecule has 2 amide bonds. The molecule has 0 saturated heterocycles. The van der Waals surface area contributed by atoms with Gasteiger partial charge in [0, 0.05) is 37.7 Å². The molecule has 6 heterocycles. The highest BCUT2D eigenvalue weighted by molar-refractivity contribution is 9.11. The lowest BCUT2D eigenvalue weighted by molar-refractivity contribution is 0.0993. The SMILES string of the molecule is C.Cc1csc(-c2cc3c(N)ncc(C(N)=O)c3s2)c1.Cc1csc(B(O)O)c1.NC(=O)c1cnc(N)c2cc(Br)sc12. The summed E-state index contributed by atoms with van der Waals surface area (Å²) in [5, 5.41) is 22.7. The Morgan fingerprint density at radius 2 is 1.30 bits per heavy atom. The predicted molar refractivity (Wildman–Crippen MR) is 186 cm³/mol. The second kappa shape index (κ2) is 14.4. The second-order valence-corrected chi connectivity index (χ2v) is 14.2. The van der Waals surface area contributed by atoms with Crippen LogP contribution in [0.1, 0.15) is 39.3 Å². The van der Waals surface area contributed by atoms with Crippen molar-refractivity contribution in [3.8, 4) is 9.75 Å². The van der Waals surface area contributed by atoms with Crippen molar-refractivity contribution in [3.63, 3.8) is 0 Å². The lowest BCUT2D eigenvalue weighted by atomic mass is 9.89. The fourth-order valence-corrected chi connectivity index (χ4v) is 8.24. The van der Waals surface area contributed by atoms with Gasteiger partial charge in [-0.2, -0.15) is 11.3 Å². The fraction of sp³-hybridized carbons (Fsp3) is 0.111. The molecule has 0 atom stereocenters. The van der Waals surface area contributed by atoms with Crippen LogP contribution in [0.2, 0.25) is 0 Å². The van der Waals surface area contributed by atoms with Crippen molar-refractivity contribution in [3.05, 3.63) is 73.5 Å². The Labute approximate surface area is 272 Å². The van der Waals surface area contributed by atoms with Crippen LogP contribution in [0.15, 0.2) is 51.2 Å². The Hall–Kier alpha value is -3.38. The van der Waals surface area contributed by atoms with Crippen molar-refractivity contribution in [2.75, 3.05) is 11.5 Å². The third-order valence-electron chi connectivity index (χ3n) is 5.65. The maximum atomic E-state index is 11.4. The summed E-state index contributed by atoms with van der Waals surface area (Å²) >= 11 is 9.29. The first-order chi connectivity index (χ1) is 19.8. The van der Waals surface area contributed by atoms with E-state index >= 15 is 0 Å². The standard InChI is InChI=1S/C13H11N3OS2.C8H6BrN3OS.C5H7BO2S.CH4/c1-6-2-9(18-5-6)10-3-7-11(19-10)8(13(15)17)4-16-12(7)14;9-5-1-3-6(14-5)4(8(11)13)2-12-7(3)10;1-4-2-5(6(7)8)9-3-4;/h2-5H,1H3,(H2,14,16)(H2,15,17);1-2H,(H2,10,12)(H2,11,13);2-3,7-8H,1H3;1H4. The Kier molecular flexibility index (Phi) is 11.4. The van der Waals surface area contributed by atoms with E-state index in [4.69, 9.17) is 33.0 Å². The molecule has 0 unspecified atom stereocenters. The summed E-state index contributed by atoms with van der Waals surface area (Å²) in [6.45, 7) is 3.97. The number of carbonyl (C=O) groups excluding carboxylic acids is 2. The molecule has 6 aromatic rings. The van der Waals surface area contributed by atoms with Crippen LogP contribution in [-0.2, 0) is 0 Å². The monoisotopic (exact) mass is 718 g/mol. The number of nitrogen functional groups attached to an aromatic ring is 2. The first-order valence-electron chi connectivity index (χ1n) is 11.9. The molecule has 0 aromatic carbocycles. The largest absolute Gasteiger partial charge is 0.499 e. The zero-order valence-corrected chi connectivity index (χ0v) is 27.0. The van der Waals surface area contributed by atoms with E-state index < -0.39 is 18.9 Å². The van der Waals surface area contributed by atoms with E-state index in [0.717, 1.165) is 39.3 Å². The minimum atomic E-state index is -1.30. The van der Waals surface area contributed by atoms with Crippen molar-refractivity contribution in [2.24, 2.45) is 11.5 Å². The van der Waals surface area contributed by atoms with Gasteiger partial charge in [0.05, 0.1) is 24.3 Å². The van der Waals surface area contributed by atoms with E-state index in [9.17, 15) is 9.59 Å². The predicted octanol–water partition coefficient (Wildman–Crippen LogP) is 5.13. The fourth-order valence-electron chi connectivity index (χ4n) is 3.68. The number of hydrogen-bond acceptors (Lipinski definition) is 12. The van der Waals surface area contributed by atoms with Crippen LogP contribution < -0.4 is 27.7 Å². The van der Waals surface area contributed by atoms with Crippen molar-refractivity contribution in [1.82, 2.24) is 9.97 Å². The van der Waals surface area contributed by atoms with Crippen LogP contribution in [0.5, 0.6) is 0 Å². The number of primary amides is 2. The first kappa shape index (κ1) is 34.1. The lowest BCUT2D eigenvalue weighted by Gasteiger charge is -1.99. The van der Waals surface area contributed by atoms with E-state index in [1.807, 2.05) is 24.4 Å². The molecule has 0 bridgehead atoms. The first-order valence-corrected chi connectivity index (χ1v) is 16.1. The van der Waals surface area contributed by atoms with Crippen molar-refractivity contribution in [2.45, 2.75) is 21.3 Å². The van der Waals surface area contributed by atoms with Crippen LogP contribution in [0.4, 0.5) is 11.6 Å². The highest BCUT2D eigenvalue weighted by Gasteiger charge is 2.16. The number of hydrogen-bond donors (Lipinski definition) is 6. The van der Waals surface area contributed by atoms with E-state index in [1.54, 1.807) is 17.4 Å². The summed E-state index contributed by atoms with van der Waals surface area (Å²) < 4.78 is 3.08. The maximum absolute atomic E-state index is 11.4. The number of pyridine rings is 2. The number of carbonyl (C=O) groups is 2. The van der Waals surface area contributed by atoms with Gasteiger partial charge in [-0.3, -0.25) is 9.59 Å². The van der Waals surface area contributed by atoms with Gasteiger partial charge in [0.1, 0.15) is 11.6 Å². The van der Waals surface area contributed by atoms with Crippen molar-refractivity contribution < 1.29 is 19.6 Å². The number of thiophene rings is 4. The summed E-state index contributed by atoms with van der Waals surface area (Å²) in [7, 11) is -1.30. The van der Waals surface area contributed by atoms with E-state index in [0.29, 0.717) is 27.5 Å². The molecular formula is C27H28BBrN6O4S4. The summed E-state index contributed by atoms with van der Waals surface area (Å²) in [5.41, 5.74) is 25.2. The highest BCUT2D eigenvalue weighted by atomic mass is 79.9. The third-order valence-corrected chi connectivity index (χ3v) is 10.8. The topological polar surface area (TPSA) is 204 Å². The molecule has 0 fully saturated rings. The quantitative estimate of drug-likeness (QED) is 0.135. The smallest absolute Gasteiger partial charge is 0.423 e. The highest BCUT2D eigenvalue weighted by Crippen LogP contribution is 2.39. The minimum absolute atomic E-state index is 0. The number of amides is 2. The molecule has 16 heteroatoms. The van der Waals surface area contributed by atoms with Crippen LogP contribution >= 0.6 is 61.3 Å². The molecule has 0 aliphatic heterocycles. The minimum Gasteiger partial charge on any atom is -0.423 e. The van der Waals surface area contributed by atoms with Crippen LogP contribution in [0, 0.1) is 13.8 Å². The van der Waals surface area contributed by atoms with Gasteiger partial charge in [-0.1, -0.05) is 7.43 Å². The molecule has 6 aromatic heterocycles. The van der Waals surface area contributed by atoms with Gasteiger partial charge in [0.15, 0.2) is 0 Å². The number of nitrogens with zero attached hydrogens (tertiary/aromatic N) is 2. The Balaban J connectivity index is 0.000000186. The zero-order chi connectivity index (χ0) is 30.7. The Morgan fingerprint density at radius 3 is 1.74 bits per heavy atom. The number of halogens is 1. The van der Waals surface area contributed by atoms with Gasteiger partial charge in [0.25, 0.3) is 11.8 Å². The average molecular weight is 720 g/mol. The van der Waals surface area contributed by atoms with E-state index in [2.05, 4.69) is 44.3 Å². The molecule has 10 N–H and O–H groups in total. The number of anilines is 2. The normalized spacial score (nSPS) is 10.3. The molecule has 6 rings (SSSR count). The molecule has 0 aliphatic carbocycles. The van der Waals surface area contributed by atoms with Crippen LogP contribution in [-0.4, -0.2) is 38.9 Å². The molecule has 10 nitrogen and oxygen atoms in total. The maximum Gasteiger partial charge on any atom is 0.499 e. The number of nitrogens with two attached hydrogens (primary N) is 4. The number of rotatable bonds is 4. The molecule has 0 spiro atoms. The number of aromatic nitrogens is 2. The van der Waals surface area contributed by atoms with Gasteiger partial charge >= 0.3 is 7.12 Å². The molecule has 0 saturated carbocycles. The van der Waals surface area contributed by atoms with Crippen LogP contribution in [0.25, 0.3) is 29.9 Å². The van der Waals surface area contributed by atoms with Gasteiger partial charge in [-0.05, 0) is 75.9 Å². The number of aryl methyl sites for hydroxylation is 2. The van der Waals surface area contributed by atoms with Crippen molar-refractivity contribution in [1.29, 1.82) is 0 Å². The van der Waals surface area contributed by atoms with E-state index in [1.165, 1.54) is 52.0 Å². The molecule has 0 aliphatic rings.